The Bertz CT molecular complexity index is 1030. The molecule has 4 heteroatoms. The molecule has 0 saturated carbocycles. The molecule has 0 aromatic heterocycles. The highest BCUT2D eigenvalue weighted by Crippen LogP contribution is 2.28. The van der Waals surface area contributed by atoms with Crippen LogP contribution in [0.5, 0.6) is 17.2 Å². The van der Waals surface area contributed by atoms with Crippen molar-refractivity contribution < 1.29 is 30.3 Å². The maximum Gasteiger partial charge on any atom is 0.160 e. The van der Waals surface area contributed by atoms with Crippen LogP contribution in [0.1, 0.15) is 46.9 Å². The van der Waals surface area contributed by atoms with Gasteiger partial charge >= 0.3 is 0 Å². The number of methoxy groups -OCH3 is 2. The summed E-state index contributed by atoms with van der Waals surface area (Å²) >= 11 is 0. The molecular weight excluding hydrogens is 328 g/mol. The Kier molecular flexibility index (Phi) is 4.45. The van der Waals surface area contributed by atoms with Crippen LogP contribution >= 0.6 is 0 Å². The highest BCUT2D eigenvalue weighted by Gasteiger charge is 2.07. The van der Waals surface area contributed by atoms with Gasteiger partial charge < -0.3 is 19.3 Å². The predicted octanol–water partition coefficient (Wildman–Crippen LogP) is 4.47. The molecule has 0 spiro atoms. The molecule has 0 heterocycles. The summed E-state index contributed by atoms with van der Waals surface area (Å²) in [7, 11) is 2.56. The average molecular weight is 367 g/mol. The first-order valence-corrected chi connectivity index (χ1v) is 8.40. The molecule has 2 rings (SSSR count). The Morgan fingerprint density at radius 3 is 2.50 bits per heavy atom. The highest BCUT2D eigenvalue weighted by molar-refractivity contribution is 5.42. The third-order valence-corrected chi connectivity index (χ3v) is 3.82. The molecule has 4 nitrogen and oxygen atoms in total. The van der Waals surface area contributed by atoms with E-state index in [9.17, 15) is 5.11 Å². The predicted molar refractivity (Wildman–Crippen MR) is 105 cm³/mol. The van der Waals surface area contributed by atoms with Gasteiger partial charge in [-0.1, -0.05) is 18.5 Å². The van der Waals surface area contributed by atoms with Crippen molar-refractivity contribution in [3.05, 3.63) is 52.9 Å². The zero-order valence-corrected chi connectivity index (χ0v) is 15.6. The Hall–Kier alpha value is -2.20. The van der Waals surface area contributed by atoms with Gasteiger partial charge in [-0.2, -0.15) is 0 Å². The summed E-state index contributed by atoms with van der Waals surface area (Å²) in [5.74, 6) is -0.293. The first kappa shape index (κ1) is 11.5. The Labute approximate surface area is 168 Å². The normalized spacial score (nSPS) is 16.8. The van der Waals surface area contributed by atoms with Crippen molar-refractivity contribution >= 4 is 0 Å². The lowest BCUT2D eigenvalue weighted by Crippen LogP contribution is -2.17. The summed E-state index contributed by atoms with van der Waals surface area (Å²) in [5, 5.41) is 10.3. The summed E-state index contributed by atoms with van der Waals surface area (Å²) in [4.78, 5) is 0. The van der Waals surface area contributed by atoms with E-state index in [1.54, 1.807) is 13.8 Å². The van der Waals surface area contributed by atoms with Crippen molar-refractivity contribution in [1.29, 1.82) is 0 Å². The van der Waals surface area contributed by atoms with E-state index in [1.807, 2.05) is 0 Å². The number of aliphatic hydroxyl groups excluding tert-OH is 1. The van der Waals surface area contributed by atoms with E-state index in [0.717, 1.165) is 0 Å². The van der Waals surface area contributed by atoms with E-state index >= 15 is 0 Å². The quantitative estimate of drug-likeness (QED) is 0.674. The number of aliphatic hydroxyl groups is 1. The Balaban J connectivity index is 2.10. The second-order valence-corrected chi connectivity index (χ2v) is 5.80. The first-order chi connectivity index (χ1) is 15.8. The van der Waals surface area contributed by atoms with Crippen LogP contribution in [0.4, 0.5) is 0 Å². The number of benzene rings is 2. The average Bonchev–Trinajstić information content (AvgIpc) is 2.78. The molecule has 142 valence electrons. The maximum atomic E-state index is 10.3. The summed E-state index contributed by atoms with van der Waals surface area (Å²) in [6.07, 6.45) is -2.99. The number of ether oxygens (including phenoxy) is 3. The second kappa shape index (κ2) is 10.1. The molecular formula is C22H30O4. The van der Waals surface area contributed by atoms with Crippen molar-refractivity contribution in [3.63, 3.8) is 0 Å². The van der Waals surface area contributed by atoms with Gasteiger partial charge in [0.2, 0.25) is 0 Å². The van der Waals surface area contributed by atoms with E-state index in [2.05, 4.69) is 0 Å². The van der Waals surface area contributed by atoms with Crippen LogP contribution in [0.15, 0.2) is 36.3 Å². The molecule has 0 radical (unpaired) electrons. The van der Waals surface area contributed by atoms with Crippen molar-refractivity contribution in [2.45, 2.75) is 45.6 Å². The van der Waals surface area contributed by atoms with Gasteiger partial charge in [0.25, 0.3) is 0 Å². The van der Waals surface area contributed by atoms with Gasteiger partial charge in [0, 0.05) is 2.74 Å². The van der Waals surface area contributed by atoms with E-state index in [4.69, 9.17) is 25.2 Å². The zero-order chi connectivity index (χ0) is 26.0. The largest absolute Gasteiger partial charge is 0.493 e. The smallest absolute Gasteiger partial charge is 0.160 e. The number of hydrogen-bond acceptors (Lipinski definition) is 4. The molecule has 2 aromatic rings. The van der Waals surface area contributed by atoms with Crippen molar-refractivity contribution in [2.75, 3.05) is 20.8 Å². The third kappa shape index (κ3) is 5.95. The molecule has 26 heavy (non-hydrogen) atoms. The highest BCUT2D eigenvalue weighted by atomic mass is 16.5. The van der Waals surface area contributed by atoms with E-state index in [1.165, 1.54) is 14.2 Å². The molecule has 0 amide bonds. The van der Waals surface area contributed by atoms with Crippen LogP contribution in [0.3, 0.4) is 0 Å². The standard InChI is InChI=1S/C22H30O4/c1-16-9-11-20(13-17(16)2)26-15-19(23)8-6-5-7-18-10-12-21(24-3)22(14-18)25-4/h9-14,19,23H,5-8,15H2,1-4H3/i7D2,9D,10D,11D,12D,13D,14D. The minimum Gasteiger partial charge on any atom is -0.493 e. The Morgan fingerprint density at radius 2 is 1.77 bits per heavy atom. The second-order valence-electron chi connectivity index (χ2n) is 5.80. The fraction of sp³-hybridized carbons (Fsp3) is 0.455. The molecule has 1 atom stereocenters. The minimum atomic E-state index is -2.14. The van der Waals surface area contributed by atoms with Crippen molar-refractivity contribution in [1.82, 2.24) is 0 Å². The molecule has 0 aliphatic carbocycles. The molecule has 0 bridgehead atoms. The lowest BCUT2D eigenvalue weighted by molar-refractivity contribution is 0.0976. The zero-order valence-electron chi connectivity index (χ0n) is 23.6. The molecule has 0 aliphatic rings. The van der Waals surface area contributed by atoms with E-state index in [-0.39, 0.29) is 78.9 Å². The van der Waals surface area contributed by atoms with Crippen LogP contribution in [-0.4, -0.2) is 32.0 Å². The van der Waals surface area contributed by atoms with Crippen LogP contribution in [0.25, 0.3) is 0 Å². The third-order valence-electron chi connectivity index (χ3n) is 3.82. The topological polar surface area (TPSA) is 47.9 Å². The molecule has 1 N–H and O–H groups in total. The number of rotatable bonds is 10. The first-order valence-electron chi connectivity index (χ1n) is 12.4. The van der Waals surface area contributed by atoms with Gasteiger partial charge in [-0.25, -0.2) is 0 Å². The summed E-state index contributed by atoms with van der Waals surface area (Å²) in [6.45, 7) is 3.09. The molecule has 0 fully saturated rings. The summed E-state index contributed by atoms with van der Waals surface area (Å²) in [5.41, 5.74) is 0.773. The van der Waals surface area contributed by atoms with Gasteiger partial charge in [0.15, 0.2) is 11.5 Å². The minimum absolute atomic E-state index is 0.00682. The van der Waals surface area contributed by atoms with Crippen LogP contribution in [-0.2, 0) is 6.37 Å². The molecule has 1 unspecified atom stereocenters. The van der Waals surface area contributed by atoms with Gasteiger partial charge in [-0.05, 0) is 73.9 Å². The van der Waals surface area contributed by atoms with Gasteiger partial charge in [0.05, 0.1) is 28.5 Å². The SMILES string of the molecule is [2H]c1c([2H])c(OCC(O)CCCC([2H])([2H])c2c([2H])c([2H])c(OC)c(OC)c2[2H])c([2H])c(C)c1C. The van der Waals surface area contributed by atoms with E-state index < -0.39 is 18.5 Å². The summed E-state index contributed by atoms with van der Waals surface area (Å²) in [6, 6.07) is -1.45. The van der Waals surface area contributed by atoms with Crippen LogP contribution in [0.2, 0.25) is 0 Å². The van der Waals surface area contributed by atoms with Gasteiger partial charge in [0.1, 0.15) is 12.4 Å². The fourth-order valence-electron chi connectivity index (χ4n) is 2.18. The molecule has 0 aliphatic heterocycles. The maximum absolute atomic E-state index is 10.3. The monoisotopic (exact) mass is 366 g/mol. The summed E-state index contributed by atoms with van der Waals surface area (Å²) < 4.78 is 81.1. The fourth-order valence-corrected chi connectivity index (χ4v) is 2.18. The van der Waals surface area contributed by atoms with Crippen molar-refractivity contribution in [3.8, 4) is 17.2 Å². The lowest BCUT2D eigenvalue weighted by atomic mass is 10.0. The molecule has 2 aromatic carbocycles. The van der Waals surface area contributed by atoms with Crippen LogP contribution < -0.4 is 14.2 Å². The van der Waals surface area contributed by atoms with Gasteiger partial charge in [-0.3, -0.25) is 0 Å². The van der Waals surface area contributed by atoms with E-state index in [0.29, 0.717) is 11.1 Å². The molecule has 0 saturated heterocycles. The van der Waals surface area contributed by atoms with Gasteiger partial charge in [-0.15, -0.1) is 0 Å². The number of hydrogen-bond donors (Lipinski definition) is 1. The Morgan fingerprint density at radius 1 is 1.00 bits per heavy atom. The van der Waals surface area contributed by atoms with Crippen molar-refractivity contribution in [2.24, 2.45) is 0 Å². The lowest BCUT2D eigenvalue weighted by Gasteiger charge is -2.13. The van der Waals surface area contributed by atoms with Crippen LogP contribution in [0, 0.1) is 13.8 Å².